The van der Waals surface area contributed by atoms with Crippen LogP contribution in [-0.4, -0.2) is 29.9 Å². The minimum absolute atomic E-state index is 0.136. The molecule has 0 saturated carbocycles. The van der Waals surface area contributed by atoms with Gasteiger partial charge in [-0.05, 0) is 73.7 Å². The minimum Gasteiger partial charge on any atom is -0.359 e. The van der Waals surface area contributed by atoms with Crippen LogP contribution in [0.4, 0.5) is 13.2 Å². The topological polar surface area (TPSA) is 60.2 Å². The first kappa shape index (κ1) is 22.5. The molecule has 0 spiro atoms. The van der Waals surface area contributed by atoms with E-state index in [-0.39, 0.29) is 29.8 Å². The van der Waals surface area contributed by atoms with E-state index in [1.807, 2.05) is 6.07 Å². The van der Waals surface area contributed by atoms with Crippen molar-refractivity contribution in [3.8, 4) is 0 Å². The Bertz CT molecular complexity index is 1100. The summed E-state index contributed by atoms with van der Waals surface area (Å²) in [7, 11) is 0. The van der Waals surface area contributed by atoms with Crippen molar-refractivity contribution in [3.05, 3.63) is 83.3 Å². The fourth-order valence-corrected chi connectivity index (χ4v) is 4.08. The lowest BCUT2D eigenvalue weighted by Crippen LogP contribution is -2.47. The first-order valence-electron chi connectivity index (χ1n) is 10.8. The molecule has 1 aromatic heterocycles. The van der Waals surface area contributed by atoms with E-state index in [4.69, 9.17) is 10.5 Å². The Labute approximate surface area is 185 Å². The number of aromatic nitrogens is 1. The van der Waals surface area contributed by atoms with E-state index in [2.05, 4.69) is 10.3 Å². The summed E-state index contributed by atoms with van der Waals surface area (Å²) >= 11 is 0. The Kier molecular flexibility index (Phi) is 7.19. The highest BCUT2D eigenvalue weighted by molar-refractivity contribution is 5.82. The number of pyridine rings is 1. The molecule has 0 bridgehead atoms. The van der Waals surface area contributed by atoms with Crippen molar-refractivity contribution in [2.24, 2.45) is 5.73 Å². The maximum Gasteiger partial charge on any atom is 0.130 e. The molecule has 3 N–H and O–H groups in total. The second-order valence-corrected chi connectivity index (χ2v) is 8.07. The van der Waals surface area contributed by atoms with Crippen molar-refractivity contribution >= 4 is 17.0 Å². The van der Waals surface area contributed by atoms with Crippen LogP contribution in [0.15, 0.2) is 54.7 Å². The zero-order valence-electron chi connectivity index (χ0n) is 17.6. The molecule has 1 saturated heterocycles. The van der Waals surface area contributed by atoms with Gasteiger partial charge in [-0.25, -0.2) is 13.2 Å². The summed E-state index contributed by atoms with van der Waals surface area (Å²) in [5.74, 6) is -1.24. The molecule has 3 aromatic rings. The standard InChI is InChI=1S/C25H26F3N3O/c26-18-6-8-21(28)17(13-18)3-2-11-31-25-5-1-4-24(32-25)22(29)14-16-10-12-30-23-9-7-19(27)15-20(16)23/h2-3,6-10,12-13,15,22,24-25,31H,1,4-5,11,14,29H2. The predicted octanol–water partition coefficient (Wildman–Crippen LogP) is 4.72. The van der Waals surface area contributed by atoms with Crippen LogP contribution in [0.5, 0.6) is 0 Å². The Morgan fingerprint density at radius 2 is 1.91 bits per heavy atom. The monoisotopic (exact) mass is 441 g/mol. The zero-order valence-corrected chi connectivity index (χ0v) is 17.6. The number of nitrogens with one attached hydrogen (secondary N) is 1. The van der Waals surface area contributed by atoms with Gasteiger partial charge in [0.1, 0.15) is 23.7 Å². The number of nitrogens with zero attached hydrogens (tertiary/aromatic N) is 1. The first-order valence-corrected chi connectivity index (χ1v) is 10.8. The summed E-state index contributed by atoms with van der Waals surface area (Å²) in [5, 5.41) is 4.04. The van der Waals surface area contributed by atoms with E-state index in [1.165, 1.54) is 12.1 Å². The highest BCUT2D eigenvalue weighted by Crippen LogP contribution is 2.24. The normalized spacial score (nSPS) is 20.1. The molecule has 0 aliphatic carbocycles. The van der Waals surface area contributed by atoms with Crippen molar-refractivity contribution < 1.29 is 17.9 Å². The Balaban J connectivity index is 1.33. The number of nitrogens with two attached hydrogens (primary N) is 1. The van der Waals surface area contributed by atoms with Crippen molar-refractivity contribution in [2.45, 2.75) is 44.1 Å². The van der Waals surface area contributed by atoms with Crippen LogP contribution >= 0.6 is 0 Å². The number of ether oxygens (including phenoxy) is 1. The maximum atomic E-state index is 13.7. The van der Waals surface area contributed by atoms with Crippen LogP contribution in [0.2, 0.25) is 0 Å². The third-order valence-electron chi connectivity index (χ3n) is 5.74. The van der Waals surface area contributed by atoms with E-state index in [0.29, 0.717) is 13.0 Å². The average molecular weight is 441 g/mol. The minimum atomic E-state index is -0.476. The van der Waals surface area contributed by atoms with Gasteiger partial charge < -0.3 is 10.5 Å². The van der Waals surface area contributed by atoms with Gasteiger partial charge in [0.05, 0.1) is 11.6 Å². The molecule has 1 aliphatic heterocycles. The molecule has 2 aromatic carbocycles. The zero-order chi connectivity index (χ0) is 22.5. The lowest BCUT2D eigenvalue weighted by Gasteiger charge is -2.34. The van der Waals surface area contributed by atoms with Gasteiger partial charge in [-0.2, -0.15) is 0 Å². The summed E-state index contributed by atoms with van der Waals surface area (Å²) in [6, 6.07) is 9.55. The summed E-state index contributed by atoms with van der Waals surface area (Å²) in [6.45, 7) is 0.455. The number of rotatable bonds is 7. The molecule has 168 valence electrons. The quantitative estimate of drug-likeness (QED) is 0.557. The van der Waals surface area contributed by atoms with Crippen molar-refractivity contribution in [2.75, 3.05) is 6.54 Å². The summed E-state index contributed by atoms with van der Waals surface area (Å²) < 4.78 is 46.8. The van der Waals surface area contributed by atoms with Crippen molar-refractivity contribution in [1.29, 1.82) is 0 Å². The molecule has 2 heterocycles. The molecular formula is C25H26F3N3O. The van der Waals surface area contributed by atoms with Gasteiger partial charge in [0.15, 0.2) is 0 Å². The molecular weight excluding hydrogens is 415 g/mol. The van der Waals surface area contributed by atoms with Gasteiger partial charge in [0.2, 0.25) is 0 Å². The van der Waals surface area contributed by atoms with Gasteiger partial charge in [0, 0.05) is 29.7 Å². The van der Waals surface area contributed by atoms with E-state index in [0.717, 1.165) is 53.9 Å². The fraction of sp³-hybridized carbons (Fsp3) is 0.320. The Morgan fingerprint density at radius 1 is 1.09 bits per heavy atom. The summed E-state index contributed by atoms with van der Waals surface area (Å²) in [6.07, 6.45) is 7.89. The summed E-state index contributed by atoms with van der Waals surface area (Å²) in [4.78, 5) is 4.29. The van der Waals surface area contributed by atoms with E-state index in [1.54, 1.807) is 24.4 Å². The predicted molar refractivity (Wildman–Crippen MR) is 119 cm³/mol. The van der Waals surface area contributed by atoms with Gasteiger partial charge in [-0.15, -0.1) is 0 Å². The number of benzene rings is 2. The van der Waals surface area contributed by atoms with E-state index < -0.39 is 11.6 Å². The molecule has 0 amide bonds. The summed E-state index contributed by atoms with van der Waals surface area (Å²) in [5.41, 5.74) is 8.36. The fourth-order valence-electron chi connectivity index (χ4n) is 4.08. The third kappa shape index (κ3) is 5.54. The molecule has 7 heteroatoms. The first-order chi connectivity index (χ1) is 15.5. The molecule has 1 aliphatic rings. The molecule has 4 nitrogen and oxygen atoms in total. The smallest absolute Gasteiger partial charge is 0.130 e. The number of fused-ring (bicyclic) bond motifs is 1. The van der Waals surface area contributed by atoms with Crippen LogP contribution in [0, 0.1) is 17.5 Å². The third-order valence-corrected chi connectivity index (χ3v) is 5.74. The van der Waals surface area contributed by atoms with Crippen LogP contribution in [0.3, 0.4) is 0 Å². The molecule has 1 fully saturated rings. The molecule has 3 atom stereocenters. The van der Waals surface area contributed by atoms with E-state index in [9.17, 15) is 13.2 Å². The lowest BCUT2D eigenvalue weighted by molar-refractivity contribution is -0.0743. The SMILES string of the molecule is NC(Cc1ccnc2ccc(F)cc12)C1CCCC(NCC=Cc2cc(F)ccc2F)O1. The Hall–Kier alpha value is -2.74. The van der Waals surface area contributed by atoms with Gasteiger partial charge in [0.25, 0.3) is 0 Å². The van der Waals surface area contributed by atoms with Crippen molar-refractivity contribution in [3.63, 3.8) is 0 Å². The highest BCUT2D eigenvalue weighted by Gasteiger charge is 2.27. The number of hydrogen-bond donors (Lipinski definition) is 2. The average Bonchev–Trinajstić information content (AvgIpc) is 2.79. The lowest BCUT2D eigenvalue weighted by atomic mass is 9.94. The van der Waals surface area contributed by atoms with Gasteiger partial charge >= 0.3 is 0 Å². The van der Waals surface area contributed by atoms with Gasteiger partial charge in [-0.1, -0.05) is 12.2 Å². The Morgan fingerprint density at radius 3 is 2.78 bits per heavy atom. The van der Waals surface area contributed by atoms with Crippen LogP contribution in [0.1, 0.15) is 30.4 Å². The number of halogens is 3. The molecule has 3 unspecified atom stereocenters. The second kappa shape index (κ2) is 10.3. The molecule has 0 radical (unpaired) electrons. The van der Waals surface area contributed by atoms with E-state index >= 15 is 0 Å². The number of hydrogen-bond acceptors (Lipinski definition) is 4. The van der Waals surface area contributed by atoms with Gasteiger partial charge in [-0.3, -0.25) is 10.3 Å². The molecule has 32 heavy (non-hydrogen) atoms. The maximum absolute atomic E-state index is 13.7. The van der Waals surface area contributed by atoms with Crippen LogP contribution < -0.4 is 11.1 Å². The molecule has 4 rings (SSSR count). The second-order valence-electron chi connectivity index (χ2n) is 8.07. The highest BCUT2D eigenvalue weighted by atomic mass is 19.1. The van der Waals surface area contributed by atoms with Crippen LogP contribution in [-0.2, 0) is 11.2 Å². The largest absolute Gasteiger partial charge is 0.359 e. The van der Waals surface area contributed by atoms with Crippen LogP contribution in [0.25, 0.3) is 17.0 Å². The van der Waals surface area contributed by atoms with Crippen molar-refractivity contribution in [1.82, 2.24) is 10.3 Å².